The Labute approximate surface area is 137 Å². The van der Waals surface area contributed by atoms with E-state index in [4.69, 9.17) is 4.74 Å². The molecule has 4 saturated heterocycles. The number of para-hydroxylation sites is 1. The second-order valence-corrected chi connectivity index (χ2v) is 7.56. The Bertz CT molecular complexity index is 663. The number of hydrogen-bond acceptors (Lipinski definition) is 4. The van der Waals surface area contributed by atoms with Gasteiger partial charge in [0.2, 0.25) is 0 Å². The van der Waals surface area contributed by atoms with Gasteiger partial charge in [-0.2, -0.15) is 0 Å². The number of anilines is 1. The molecule has 0 aliphatic carbocycles. The molecule has 122 valence electrons. The summed E-state index contributed by atoms with van der Waals surface area (Å²) >= 11 is 0. The second-order valence-electron chi connectivity index (χ2n) is 7.56. The van der Waals surface area contributed by atoms with Gasteiger partial charge in [-0.05, 0) is 37.3 Å². The Kier molecular flexibility index (Phi) is 2.80. The van der Waals surface area contributed by atoms with Gasteiger partial charge < -0.3 is 15.2 Å². The summed E-state index contributed by atoms with van der Waals surface area (Å²) < 4.78 is 6.28. The molecule has 1 unspecified atom stereocenters. The lowest BCUT2D eigenvalue weighted by molar-refractivity contribution is -0.168. The summed E-state index contributed by atoms with van der Waals surface area (Å²) in [5.41, 5.74) is 0.412. The molecule has 5 aliphatic heterocycles. The van der Waals surface area contributed by atoms with Gasteiger partial charge in [0.25, 0.3) is 0 Å². The van der Waals surface area contributed by atoms with Crippen molar-refractivity contribution in [2.24, 2.45) is 11.8 Å². The Morgan fingerprint density at radius 1 is 1.39 bits per heavy atom. The fourth-order valence-corrected chi connectivity index (χ4v) is 5.51. The van der Waals surface area contributed by atoms with E-state index in [0.29, 0.717) is 24.9 Å². The predicted molar refractivity (Wildman–Crippen MR) is 89.0 cm³/mol. The highest BCUT2D eigenvalue weighted by Gasteiger charge is 2.67. The van der Waals surface area contributed by atoms with E-state index in [2.05, 4.69) is 28.9 Å². The van der Waals surface area contributed by atoms with Crippen LogP contribution in [-0.2, 0) is 10.3 Å². The minimum absolute atomic E-state index is 0.220. The lowest BCUT2D eigenvalue weighted by Gasteiger charge is -2.55. The molecule has 2 bridgehead atoms. The molecule has 1 aromatic carbocycles. The Morgan fingerprint density at radius 3 is 3.04 bits per heavy atom. The average molecular weight is 312 g/mol. The lowest BCUT2D eigenvalue weighted by Crippen LogP contribution is -2.68. The number of rotatable bonds is 2. The summed E-state index contributed by atoms with van der Waals surface area (Å²) in [6, 6.07) is 8.35. The first-order valence-electron chi connectivity index (χ1n) is 8.78. The first-order chi connectivity index (χ1) is 11.2. The second kappa shape index (κ2) is 4.59. The Balaban J connectivity index is 1.57. The molecule has 0 amide bonds. The molecule has 0 saturated carbocycles. The SMILES string of the molecule is C=C[C@@H]1CN2CC[C@H]1C[C@@H]2[C@]12Nc3ccccc3[C@@]1(O)CCO2. The van der Waals surface area contributed by atoms with Crippen LogP contribution in [0.3, 0.4) is 0 Å². The zero-order valence-corrected chi connectivity index (χ0v) is 13.4. The van der Waals surface area contributed by atoms with Gasteiger partial charge in [-0.3, -0.25) is 4.90 Å². The van der Waals surface area contributed by atoms with Crippen molar-refractivity contribution >= 4 is 5.69 Å². The van der Waals surface area contributed by atoms with Crippen LogP contribution in [0.15, 0.2) is 36.9 Å². The highest BCUT2D eigenvalue weighted by Crippen LogP contribution is 2.57. The van der Waals surface area contributed by atoms with E-state index >= 15 is 0 Å². The number of nitrogens with one attached hydrogen (secondary N) is 1. The molecule has 5 aliphatic rings. The summed E-state index contributed by atoms with van der Waals surface area (Å²) in [5.74, 6) is 1.24. The summed E-state index contributed by atoms with van der Waals surface area (Å²) in [7, 11) is 0. The molecule has 1 aromatic rings. The third-order valence-electron chi connectivity index (χ3n) is 6.68. The maximum absolute atomic E-state index is 11.6. The molecule has 23 heavy (non-hydrogen) atoms. The molecule has 5 heterocycles. The molecule has 4 nitrogen and oxygen atoms in total. The number of fused-ring (bicyclic) bond motifs is 7. The molecule has 0 radical (unpaired) electrons. The summed E-state index contributed by atoms with van der Waals surface area (Å²) in [5, 5.41) is 15.2. The molecule has 0 aromatic heterocycles. The number of hydrogen-bond donors (Lipinski definition) is 2. The molecule has 2 N–H and O–H groups in total. The Hall–Kier alpha value is -1.36. The van der Waals surface area contributed by atoms with Crippen LogP contribution in [0.5, 0.6) is 0 Å². The molecule has 6 atom stereocenters. The lowest BCUT2D eigenvalue weighted by atomic mass is 9.70. The van der Waals surface area contributed by atoms with Crippen LogP contribution in [0.2, 0.25) is 0 Å². The van der Waals surface area contributed by atoms with Gasteiger partial charge in [-0.15, -0.1) is 6.58 Å². The smallest absolute Gasteiger partial charge is 0.187 e. The van der Waals surface area contributed by atoms with Gasteiger partial charge in [0.1, 0.15) is 5.60 Å². The van der Waals surface area contributed by atoms with Gasteiger partial charge in [-0.1, -0.05) is 24.3 Å². The average Bonchev–Trinajstić information content (AvgIpc) is 3.05. The predicted octanol–water partition coefficient (Wildman–Crippen LogP) is 2.31. The van der Waals surface area contributed by atoms with Crippen LogP contribution in [0.25, 0.3) is 0 Å². The van der Waals surface area contributed by atoms with Crippen molar-refractivity contribution in [3.8, 4) is 0 Å². The van der Waals surface area contributed by atoms with Crippen LogP contribution in [0.1, 0.15) is 24.8 Å². The minimum atomic E-state index is -0.921. The normalized spacial score (nSPS) is 47.0. The van der Waals surface area contributed by atoms with E-state index in [1.54, 1.807) is 0 Å². The topological polar surface area (TPSA) is 44.7 Å². The largest absolute Gasteiger partial charge is 0.380 e. The number of benzene rings is 1. The highest BCUT2D eigenvalue weighted by atomic mass is 16.5. The van der Waals surface area contributed by atoms with Crippen molar-refractivity contribution in [1.82, 2.24) is 4.90 Å². The monoisotopic (exact) mass is 312 g/mol. The number of piperidine rings is 3. The number of aliphatic hydroxyl groups is 1. The van der Waals surface area contributed by atoms with Crippen molar-refractivity contribution in [3.63, 3.8) is 0 Å². The van der Waals surface area contributed by atoms with Crippen molar-refractivity contribution in [1.29, 1.82) is 0 Å². The maximum atomic E-state index is 11.6. The third kappa shape index (κ3) is 1.61. The fourth-order valence-electron chi connectivity index (χ4n) is 5.51. The van der Waals surface area contributed by atoms with Gasteiger partial charge in [0.05, 0.1) is 12.6 Å². The maximum Gasteiger partial charge on any atom is 0.187 e. The van der Waals surface area contributed by atoms with E-state index in [-0.39, 0.29) is 6.04 Å². The van der Waals surface area contributed by atoms with Crippen LogP contribution in [0, 0.1) is 11.8 Å². The molecule has 4 fully saturated rings. The van der Waals surface area contributed by atoms with Crippen molar-refractivity contribution in [3.05, 3.63) is 42.5 Å². The van der Waals surface area contributed by atoms with Crippen LogP contribution < -0.4 is 5.32 Å². The zero-order chi connectivity index (χ0) is 15.7. The van der Waals surface area contributed by atoms with E-state index in [1.807, 2.05) is 18.2 Å². The molecular formula is C19H24N2O2. The quantitative estimate of drug-likeness (QED) is 0.823. The van der Waals surface area contributed by atoms with Gasteiger partial charge in [0.15, 0.2) is 5.72 Å². The standard InChI is InChI=1S/C19H24N2O2/c1-2-13-12-21-9-7-14(13)11-17(21)19-18(22,8-10-23-19)15-5-3-4-6-16(15)20-19/h2-6,13-14,17,20,22H,1,7-12H2/t13-,14+,17-,18+,19-/m1/s1. The van der Waals surface area contributed by atoms with Gasteiger partial charge >= 0.3 is 0 Å². The van der Waals surface area contributed by atoms with E-state index < -0.39 is 11.3 Å². The summed E-state index contributed by atoms with van der Waals surface area (Å²) in [4.78, 5) is 2.52. The summed E-state index contributed by atoms with van der Waals surface area (Å²) in [6.45, 7) is 6.76. The molecule has 0 spiro atoms. The Morgan fingerprint density at radius 2 is 2.26 bits per heavy atom. The number of nitrogens with zero attached hydrogens (tertiary/aromatic N) is 1. The molecular weight excluding hydrogens is 288 g/mol. The summed E-state index contributed by atoms with van der Waals surface area (Å²) in [6.07, 6.45) is 5.08. The van der Waals surface area contributed by atoms with Crippen LogP contribution in [-0.4, -0.2) is 41.5 Å². The van der Waals surface area contributed by atoms with Gasteiger partial charge in [0, 0.05) is 24.2 Å². The van der Waals surface area contributed by atoms with Gasteiger partial charge in [-0.25, -0.2) is 0 Å². The van der Waals surface area contributed by atoms with Crippen molar-refractivity contribution < 1.29 is 9.84 Å². The van der Waals surface area contributed by atoms with Crippen molar-refractivity contribution in [2.45, 2.75) is 36.6 Å². The van der Waals surface area contributed by atoms with E-state index in [0.717, 1.165) is 30.8 Å². The third-order valence-corrected chi connectivity index (χ3v) is 6.68. The molecule has 4 heteroatoms. The number of ether oxygens (including phenoxy) is 1. The molecule has 6 rings (SSSR count). The minimum Gasteiger partial charge on any atom is -0.380 e. The van der Waals surface area contributed by atoms with E-state index in [9.17, 15) is 5.11 Å². The highest BCUT2D eigenvalue weighted by molar-refractivity contribution is 5.63. The first kappa shape index (κ1) is 14.0. The first-order valence-corrected chi connectivity index (χ1v) is 8.78. The van der Waals surface area contributed by atoms with Crippen LogP contribution >= 0.6 is 0 Å². The zero-order valence-electron chi connectivity index (χ0n) is 13.4. The fraction of sp³-hybridized carbons (Fsp3) is 0.579. The van der Waals surface area contributed by atoms with E-state index in [1.165, 1.54) is 6.42 Å². The van der Waals surface area contributed by atoms with Crippen LogP contribution in [0.4, 0.5) is 5.69 Å². The van der Waals surface area contributed by atoms with Crippen molar-refractivity contribution in [2.75, 3.05) is 25.0 Å².